The summed E-state index contributed by atoms with van der Waals surface area (Å²) >= 11 is 0. The van der Waals surface area contributed by atoms with Crippen LogP contribution >= 0.6 is 0 Å². The number of rotatable bonds is 7. The van der Waals surface area contributed by atoms with Gasteiger partial charge in [0.1, 0.15) is 18.3 Å². The smallest absolute Gasteiger partial charge is 0.177 e. The number of carbonyl (C=O) groups is 1. The number of hydrogen-bond acceptors (Lipinski definition) is 6. The summed E-state index contributed by atoms with van der Waals surface area (Å²) in [4.78, 5) is 12.2. The van der Waals surface area contributed by atoms with E-state index in [2.05, 4.69) is 19.2 Å². The third-order valence-electron chi connectivity index (χ3n) is 6.50. The van der Waals surface area contributed by atoms with Crippen LogP contribution in [0.5, 0.6) is 0 Å². The molecule has 0 aromatic rings. The Kier molecular flexibility index (Phi) is 4.58. The van der Waals surface area contributed by atoms with Gasteiger partial charge in [-0.15, -0.1) is 0 Å². The molecule has 0 amide bonds. The van der Waals surface area contributed by atoms with Gasteiger partial charge >= 0.3 is 0 Å². The summed E-state index contributed by atoms with van der Waals surface area (Å²) < 4.78 is 0. The molecule has 0 aliphatic heterocycles. The summed E-state index contributed by atoms with van der Waals surface area (Å²) in [7, 11) is 0. The summed E-state index contributed by atoms with van der Waals surface area (Å²) in [5.41, 5.74) is 0.601. The van der Waals surface area contributed by atoms with Gasteiger partial charge in [-0.2, -0.15) is 0 Å². The predicted octanol–water partition coefficient (Wildman–Crippen LogP) is -0.0309. The second-order valence-electron chi connectivity index (χ2n) is 9.42. The molecule has 2 unspecified atom stereocenters. The lowest BCUT2D eigenvalue weighted by molar-refractivity contribution is -0.143. The number of carbonyl (C=O) groups excluding carboxylic acids is 1. The highest BCUT2D eigenvalue weighted by atomic mass is 16.4. The van der Waals surface area contributed by atoms with Gasteiger partial charge in [0.05, 0.1) is 13.2 Å². The maximum absolute atomic E-state index is 12.2. The van der Waals surface area contributed by atoms with Crippen LogP contribution in [0.15, 0.2) is 0 Å². The largest absolute Gasteiger partial charge is 0.394 e. The molecule has 4 saturated carbocycles. The fourth-order valence-electron chi connectivity index (χ4n) is 6.53. The molecule has 138 valence electrons. The number of hydrogen-bond donors (Lipinski definition) is 5. The quantitative estimate of drug-likeness (QED) is 0.445. The van der Waals surface area contributed by atoms with Gasteiger partial charge in [-0.1, -0.05) is 13.8 Å². The number of aliphatic hydroxyl groups is 4. The van der Waals surface area contributed by atoms with Crippen LogP contribution in [-0.2, 0) is 4.79 Å². The highest BCUT2D eigenvalue weighted by Gasteiger charge is 2.60. The first-order valence-electron chi connectivity index (χ1n) is 9.02. The molecule has 0 aromatic heterocycles. The van der Waals surface area contributed by atoms with Crippen LogP contribution < -0.4 is 5.32 Å². The number of aliphatic hydroxyl groups excluding tert-OH is 4. The minimum atomic E-state index is -1.68. The lowest BCUT2D eigenvalue weighted by atomic mass is 9.43. The Labute approximate surface area is 143 Å². The van der Waals surface area contributed by atoms with Gasteiger partial charge in [0.15, 0.2) is 5.78 Å². The van der Waals surface area contributed by atoms with E-state index in [9.17, 15) is 20.1 Å². The zero-order valence-corrected chi connectivity index (χ0v) is 14.7. The van der Waals surface area contributed by atoms with Crippen molar-refractivity contribution in [1.82, 2.24) is 5.32 Å². The van der Waals surface area contributed by atoms with Gasteiger partial charge in [-0.25, -0.2) is 0 Å². The predicted molar refractivity (Wildman–Crippen MR) is 88.3 cm³/mol. The topological polar surface area (TPSA) is 110 Å². The van der Waals surface area contributed by atoms with Crippen LogP contribution in [0.25, 0.3) is 0 Å². The first kappa shape index (κ1) is 18.3. The standard InChI is InChI=1S/C18H31NO5/c1-16-3-11-4-17(2,8-16)10-18(5-11,9-16)19-6-12(21)14(23)15(24)13(22)7-20/h11,13-15,19-20,22-24H,3-10H2,1-2H3/t11?,13-,14-,15-,16?,17?,18?/m1/s1. The lowest BCUT2D eigenvalue weighted by Gasteiger charge is -2.65. The Hall–Kier alpha value is -0.530. The lowest BCUT2D eigenvalue weighted by Crippen LogP contribution is -2.65. The molecular weight excluding hydrogens is 310 g/mol. The highest BCUT2D eigenvalue weighted by molar-refractivity contribution is 5.85. The van der Waals surface area contributed by atoms with Crippen LogP contribution in [0.2, 0.25) is 0 Å². The van der Waals surface area contributed by atoms with Gasteiger partial charge in [0, 0.05) is 5.54 Å². The minimum Gasteiger partial charge on any atom is -0.394 e. The molecule has 4 aliphatic carbocycles. The van der Waals surface area contributed by atoms with Gasteiger partial charge in [-0.3, -0.25) is 4.79 Å². The molecule has 0 radical (unpaired) electrons. The van der Waals surface area contributed by atoms with Crippen molar-refractivity contribution in [2.24, 2.45) is 16.7 Å². The van der Waals surface area contributed by atoms with Crippen LogP contribution in [0.3, 0.4) is 0 Å². The van der Waals surface area contributed by atoms with Crippen LogP contribution in [0.4, 0.5) is 0 Å². The third kappa shape index (κ3) is 3.27. The fraction of sp³-hybridized carbons (Fsp3) is 0.944. The molecular formula is C18H31NO5. The Bertz CT molecular complexity index is 492. The van der Waals surface area contributed by atoms with Crippen molar-refractivity contribution >= 4 is 5.78 Å². The molecule has 0 heterocycles. The summed E-state index contributed by atoms with van der Waals surface area (Å²) in [6.45, 7) is 3.99. The molecule has 0 spiro atoms. The molecule has 6 heteroatoms. The molecule has 4 bridgehead atoms. The molecule has 6 nitrogen and oxygen atoms in total. The number of nitrogens with one attached hydrogen (secondary N) is 1. The van der Waals surface area contributed by atoms with E-state index in [4.69, 9.17) is 5.11 Å². The zero-order valence-electron chi connectivity index (χ0n) is 14.7. The average Bonchev–Trinajstić information content (AvgIpc) is 2.46. The monoisotopic (exact) mass is 341 g/mol. The summed E-state index contributed by atoms with van der Waals surface area (Å²) in [6, 6.07) is 0. The molecule has 5 atom stereocenters. The van der Waals surface area contributed by atoms with E-state index in [-0.39, 0.29) is 12.1 Å². The van der Waals surface area contributed by atoms with E-state index in [1.165, 1.54) is 19.3 Å². The van der Waals surface area contributed by atoms with Crippen molar-refractivity contribution in [3.63, 3.8) is 0 Å². The molecule has 5 N–H and O–H groups in total. The molecule has 0 aromatic carbocycles. The maximum atomic E-state index is 12.2. The Morgan fingerprint density at radius 1 is 1.08 bits per heavy atom. The fourth-order valence-corrected chi connectivity index (χ4v) is 6.53. The first-order valence-corrected chi connectivity index (χ1v) is 9.02. The van der Waals surface area contributed by atoms with E-state index in [0.29, 0.717) is 16.7 Å². The van der Waals surface area contributed by atoms with E-state index >= 15 is 0 Å². The zero-order chi connectivity index (χ0) is 17.8. The SMILES string of the molecule is CC12CC3CC(C)(C1)CC(NCC(=O)[C@@H](O)[C@H](O)[C@H](O)CO)(C3)C2. The van der Waals surface area contributed by atoms with Crippen LogP contribution in [-0.4, -0.2) is 63.2 Å². The van der Waals surface area contributed by atoms with Crippen LogP contribution in [0, 0.1) is 16.7 Å². The van der Waals surface area contributed by atoms with Crippen LogP contribution in [0.1, 0.15) is 52.4 Å². The minimum absolute atomic E-state index is 0.0186. The Morgan fingerprint density at radius 3 is 2.17 bits per heavy atom. The van der Waals surface area contributed by atoms with Gasteiger partial charge in [0.25, 0.3) is 0 Å². The second-order valence-corrected chi connectivity index (χ2v) is 9.42. The highest BCUT2D eigenvalue weighted by Crippen LogP contribution is 2.66. The van der Waals surface area contributed by atoms with E-state index in [0.717, 1.165) is 19.3 Å². The summed E-state index contributed by atoms with van der Waals surface area (Å²) in [6.07, 6.45) is 2.11. The van der Waals surface area contributed by atoms with Crippen molar-refractivity contribution in [3.05, 3.63) is 0 Å². The Morgan fingerprint density at radius 2 is 1.67 bits per heavy atom. The van der Waals surface area contributed by atoms with E-state index < -0.39 is 30.7 Å². The maximum Gasteiger partial charge on any atom is 0.177 e. The van der Waals surface area contributed by atoms with Crippen molar-refractivity contribution in [2.75, 3.05) is 13.2 Å². The molecule has 4 aliphatic rings. The molecule has 24 heavy (non-hydrogen) atoms. The number of ketones is 1. The van der Waals surface area contributed by atoms with Gasteiger partial charge < -0.3 is 25.7 Å². The Balaban J connectivity index is 1.63. The normalized spacial score (nSPS) is 44.3. The van der Waals surface area contributed by atoms with Crippen molar-refractivity contribution < 1.29 is 25.2 Å². The van der Waals surface area contributed by atoms with E-state index in [1.807, 2.05) is 0 Å². The van der Waals surface area contributed by atoms with Gasteiger partial charge in [-0.05, 0) is 55.3 Å². The second kappa shape index (κ2) is 6.02. The summed E-state index contributed by atoms with van der Waals surface area (Å²) in [5.74, 6) is 0.159. The van der Waals surface area contributed by atoms with Gasteiger partial charge in [0.2, 0.25) is 0 Å². The number of Topliss-reactive ketones (excluding diaryl/α,β-unsaturated/α-hetero) is 1. The molecule has 0 saturated heterocycles. The average molecular weight is 341 g/mol. The van der Waals surface area contributed by atoms with Crippen molar-refractivity contribution in [2.45, 2.75) is 76.2 Å². The first-order chi connectivity index (χ1) is 11.1. The van der Waals surface area contributed by atoms with E-state index in [1.54, 1.807) is 0 Å². The molecule has 4 fully saturated rings. The van der Waals surface area contributed by atoms with Crippen molar-refractivity contribution in [1.29, 1.82) is 0 Å². The summed E-state index contributed by atoms with van der Waals surface area (Å²) in [5, 5.41) is 41.2. The third-order valence-corrected chi connectivity index (χ3v) is 6.50. The molecule has 4 rings (SSSR count). The van der Waals surface area contributed by atoms with Crippen molar-refractivity contribution in [3.8, 4) is 0 Å².